The molecule has 0 spiro atoms. The third-order valence-electron chi connectivity index (χ3n) is 2.64. The SMILES string of the molecule is CCCCc1cccc([C@@H](C)C(=O)O)c1. The van der Waals surface area contributed by atoms with Crippen LogP contribution in [0.2, 0.25) is 0 Å². The molecule has 2 heteroatoms. The maximum Gasteiger partial charge on any atom is 0.310 e. The third kappa shape index (κ3) is 3.39. The number of carbonyl (C=O) groups is 1. The van der Waals surface area contributed by atoms with E-state index in [1.807, 2.05) is 18.2 Å². The summed E-state index contributed by atoms with van der Waals surface area (Å²) in [6.07, 6.45) is 3.36. The maximum atomic E-state index is 10.8. The van der Waals surface area contributed by atoms with Crippen molar-refractivity contribution in [1.82, 2.24) is 0 Å². The fourth-order valence-electron chi connectivity index (χ4n) is 1.54. The molecule has 0 heterocycles. The van der Waals surface area contributed by atoms with Gasteiger partial charge >= 0.3 is 5.97 Å². The Kier molecular flexibility index (Phi) is 4.35. The molecular weight excluding hydrogens is 188 g/mol. The number of benzene rings is 1. The van der Waals surface area contributed by atoms with Crippen molar-refractivity contribution in [1.29, 1.82) is 0 Å². The van der Waals surface area contributed by atoms with Crippen molar-refractivity contribution in [2.24, 2.45) is 0 Å². The minimum absolute atomic E-state index is 0.411. The van der Waals surface area contributed by atoms with E-state index in [1.54, 1.807) is 6.92 Å². The molecule has 0 bridgehead atoms. The Morgan fingerprint density at radius 1 is 1.47 bits per heavy atom. The standard InChI is InChI=1S/C13H18O2/c1-3-4-6-11-7-5-8-12(9-11)10(2)13(14)15/h5,7-10H,3-4,6H2,1-2H3,(H,14,15)/t10-/m1/s1. The molecular formula is C13H18O2. The highest BCUT2D eigenvalue weighted by molar-refractivity contribution is 5.75. The number of aryl methyl sites for hydroxylation is 1. The molecule has 0 amide bonds. The van der Waals surface area contributed by atoms with Crippen molar-refractivity contribution in [2.45, 2.75) is 39.0 Å². The summed E-state index contributed by atoms with van der Waals surface area (Å²) in [5.74, 6) is -1.17. The van der Waals surface area contributed by atoms with Crippen LogP contribution in [-0.2, 0) is 11.2 Å². The highest BCUT2D eigenvalue weighted by Gasteiger charge is 2.13. The zero-order valence-corrected chi connectivity index (χ0v) is 9.36. The first-order chi connectivity index (χ1) is 7.15. The van der Waals surface area contributed by atoms with Gasteiger partial charge in [-0.15, -0.1) is 0 Å². The predicted octanol–water partition coefficient (Wildman–Crippen LogP) is 3.22. The van der Waals surface area contributed by atoms with Crippen LogP contribution in [0.15, 0.2) is 24.3 Å². The first kappa shape index (κ1) is 11.8. The topological polar surface area (TPSA) is 37.3 Å². The van der Waals surface area contributed by atoms with Crippen molar-refractivity contribution in [2.75, 3.05) is 0 Å². The van der Waals surface area contributed by atoms with Gasteiger partial charge in [-0.1, -0.05) is 37.6 Å². The number of unbranched alkanes of at least 4 members (excludes halogenated alkanes) is 1. The van der Waals surface area contributed by atoms with Gasteiger partial charge in [0, 0.05) is 0 Å². The normalized spacial score (nSPS) is 12.4. The second-order valence-electron chi connectivity index (χ2n) is 3.91. The number of hydrogen-bond acceptors (Lipinski definition) is 1. The number of rotatable bonds is 5. The van der Waals surface area contributed by atoms with E-state index in [2.05, 4.69) is 13.0 Å². The van der Waals surface area contributed by atoms with Crippen molar-refractivity contribution in [3.63, 3.8) is 0 Å². The number of hydrogen-bond donors (Lipinski definition) is 1. The molecule has 0 saturated heterocycles. The Balaban J connectivity index is 2.77. The van der Waals surface area contributed by atoms with Gasteiger partial charge in [-0.3, -0.25) is 4.79 Å². The molecule has 1 N–H and O–H groups in total. The molecule has 0 radical (unpaired) electrons. The van der Waals surface area contributed by atoms with Gasteiger partial charge in [-0.05, 0) is 30.9 Å². The van der Waals surface area contributed by atoms with E-state index in [0.29, 0.717) is 0 Å². The van der Waals surface area contributed by atoms with Gasteiger partial charge < -0.3 is 5.11 Å². The lowest BCUT2D eigenvalue weighted by molar-refractivity contribution is -0.138. The molecule has 0 unspecified atom stereocenters. The van der Waals surface area contributed by atoms with E-state index in [4.69, 9.17) is 5.11 Å². The molecule has 0 aliphatic heterocycles. The molecule has 1 aromatic carbocycles. The minimum Gasteiger partial charge on any atom is -0.481 e. The Morgan fingerprint density at radius 2 is 2.20 bits per heavy atom. The van der Waals surface area contributed by atoms with Gasteiger partial charge in [0.05, 0.1) is 5.92 Å². The van der Waals surface area contributed by atoms with E-state index in [9.17, 15) is 4.79 Å². The molecule has 2 nitrogen and oxygen atoms in total. The molecule has 0 fully saturated rings. The Hall–Kier alpha value is -1.31. The summed E-state index contributed by atoms with van der Waals surface area (Å²) in [6, 6.07) is 7.90. The van der Waals surface area contributed by atoms with Gasteiger partial charge in [0.2, 0.25) is 0 Å². The first-order valence-corrected chi connectivity index (χ1v) is 5.46. The third-order valence-corrected chi connectivity index (χ3v) is 2.64. The van der Waals surface area contributed by atoms with Crippen LogP contribution in [0.5, 0.6) is 0 Å². The average Bonchev–Trinajstić information content (AvgIpc) is 2.25. The fourth-order valence-corrected chi connectivity index (χ4v) is 1.54. The van der Waals surface area contributed by atoms with Crippen molar-refractivity contribution in [3.8, 4) is 0 Å². The summed E-state index contributed by atoms with van der Waals surface area (Å²) >= 11 is 0. The maximum absolute atomic E-state index is 10.8. The average molecular weight is 206 g/mol. The van der Waals surface area contributed by atoms with Crippen LogP contribution in [0.1, 0.15) is 43.7 Å². The Bertz CT molecular complexity index is 331. The largest absolute Gasteiger partial charge is 0.481 e. The summed E-state index contributed by atoms with van der Waals surface area (Å²) in [5, 5.41) is 8.90. The lowest BCUT2D eigenvalue weighted by Crippen LogP contribution is -2.07. The number of carboxylic acid groups (broad SMARTS) is 1. The van der Waals surface area contributed by atoms with Crippen LogP contribution in [0, 0.1) is 0 Å². The smallest absolute Gasteiger partial charge is 0.310 e. The van der Waals surface area contributed by atoms with Gasteiger partial charge in [0.1, 0.15) is 0 Å². The lowest BCUT2D eigenvalue weighted by atomic mass is 9.97. The van der Waals surface area contributed by atoms with Crippen molar-refractivity contribution >= 4 is 5.97 Å². The molecule has 1 aromatic rings. The van der Waals surface area contributed by atoms with E-state index in [0.717, 1.165) is 18.4 Å². The summed E-state index contributed by atoms with van der Waals surface area (Å²) in [6.45, 7) is 3.88. The van der Waals surface area contributed by atoms with Crippen LogP contribution in [0.3, 0.4) is 0 Å². The first-order valence-electron chi connectivity index (χ1n) is 5.46. The van der Waals surface area contributed by atoms with Crippen molar-refractivity contribution < 1.29 is 9.90 Å². The summed E-state index contributed by atoms with van der Waals surface area (Å²) < 4.78 is 0. The van der Waals surface area contributed by atoms with Crippen LogP contribution in [-0.4, -0.2) is 11.1 Å². The number of carboxylic acids is 1. The van der Waals surface area contributed by atoms with Gasteiger partial charge in [0.25, 0.3) is 0 Å². The molecule has 0 aliphatic carbocycles. The van der Waals surface area contributed by atoms with Crippen LogP contribution >= 0.6 is 0 Å². The number of aliphatic carboxylic acids is 1. The molecule has 0 aromatic heterocycles. The highest BCUT2D eigenvalue weighted by Crippen LogP contribution is 2.17. The Morgan fingerprint density at radius 3 is 2.80 bits per heavy atom. The summed E-state index contributed by atoms with van der Waals surface area (Å²) in [4.78, 5) is 10.8. The second kappa shape index (κ2) is 5.54. The highest BCUT2D eigenvalue weighted by atomic mass is 16.4. The molecule has 1 rings (SSSR count). The quantitative estimate of drug-likeness (QED) is 0.803. The lowest BCUT2D eigenvalue weighted by Gasteiger charge is -2.08. The predicted molar refractivity (Wildman–Crippen MR) is 61.1 cm³/mol. The van der Waals surface area contributed by atoms with Crippen molar-refractivity contribution in [3.05, 3.63) is 35.4 Å². The van der Waals surface area contributed by atoms with Crippen LogP contribution in [0.4, 0.5) is 0 Å². The van der Waals surface area contributed by atoms with E-state index < -0.39 is 11.9 Å². The summed E-state index contributed by atoms with van der Waals surface area (Å²) in [7, 11) is 0. The zero-order valence-electron chi connectivity index (χ0n) is 9.36. The van der Waals surface area contributed by atoms with E-state index in [1.165, 1.54) is 12.0 Å². The zero-order chi connectivity index (χ0) is 11.3. The molecule has 15 heavy (non-hydrogen) atoms. The molecule has 1 atom stereocenters. The van der Waals surface area contributed by atoms with Gasteiger partial charge in [-0.25, -0.2) is 0 Å². The van der Waals surface area contributed by atoms with Gasteiger partial charge in [-0.2, -0.15) is 0 Å². The Labute approximate surface area is 90.9 Å². The molecule has 82 valence electrons. The molecule has 0 saturated carbocycles. The minimum atomic E-state index is -0.761. The van der Waals surface area contributed by atoms with Crippen LogP contribution in [0.25, 0.3) is 0 Å². The van der Waals surface area contributed by atoms with E-state index >= 15 is 0 Å². The summed E-state index contributed by atoms with van der Waals surface area (Å²) in [5.41, 5.74) is 2.14. The second-order valence-corrected chi connectivity index (χ2v) is 3.91. The van der Waals surface area contributed by atoms with E-state index in [-0.39, 0.29) is 0 Å². The van der Waals surface area contributed by atoms with Gasteiger partial charge in [0.15, 0.2) is 0 Å². The molecule has 0 aliphatic rings. The van der Waals surface area contributed by atoms with Crippen LogP contribution < -0.4 is 0 Å². The monoisotopic (exact) mass is 206 g/mol. The fraction of sp³-hybridized carbons (Fsp3) is 0.462.